The molecule has 0 radical (unpaired) electrons. The van der Waals surface area contributed by atoms with Gasteiger partial charge in [-0.25, -0.2) is 0 Å². The number of hydrogen-bond donors (Lipinski definition) is 2. The lowest BCUT2D eigenvalue weighted by Crippen LogP contribution is -2.38. The molecule has 0 heterocycles. The second-order valence-corrected chi connectivity index (χ2v) is 2.87. The molecule has 66 valence electrons. The summed E-state index contributed by atoms with van der Waals surface area (Å²) in [5, 5.41) is 11.5. The molecule has 0 rings (SSSR count). The van der Waals surface area contributed by atoms with Gasteiger partial charge in [0.25, 0.3) is 0 Å². The van der Waals surface area contributed by atoms with Gasteiger partial charge in [-0.15, -0.1) is 0 Å². The third-order valence-electron chi connectivity index (χ3n) is 1.49. The molecule has 0 saturated carbocycles. The van der Waals surface area contributed by atoms with Crippen molar-refractivity contribution in [1.29, 1.82) is 0 Å². The maximum Gasteiger partial charge on any atom is 0.248 e. The van der Waals surface area contributed by atoms with Gasteiger partial charge in [-0.1, -0.05) is 13.3 Å². The fourth-order valence-corrected chi connectivity index (χ4v) is 0.869. The minimum absolute atomic E-state index is 0.169. The summed E-state index contributed by atoms with van der Waals surface area (Å²) in [6.07, 6.45) is 1.11. The van der Waals surface area contributed by atoms with Gasteiger partial charge in [0, 0.05) is 6.04 Å². The lowest BCUT2D eigenvalue weighted by atomic mass is 10.2. The summed E-state index contributed by atoms with van der Waals surface area (Å²) >= 11 is 0. The second kappa shape index (κ2) is 5.13. The van der Waals surface area contributed by atoms with Crippen molar-refractivity contribution in [3.05, 3.63) is 0 Å². The number of nitrogens with one attached hydrogen (secondary N) is 1. The quantitative estimate of drug-likeness (QED) is 0.633. The van der Waals surface area contributed by atoms with E-state index in [9.17, 15) is 4.79 Å². The number of carbonyl (C=O) groups is 1. The topological polar surface area (TPSA) is 49.3 Å². The molecule has 0 saturated heterocycles. The molecule has 1 amide bonds. The predicted molar refractivity (Wildman–Crippen MR) is 44.2 cm³/mol. The van der Waals surface area contributed by atoms with Gasteiger partial charge < -0.3 is 10.4 Å². The fraction of sp³-hybridized carbons (Fsp3) is 0.875. The Morgan fingerprint density at radius 3 is 2.45 bits per heavy atom. The van der Waals surface area contributed by atoms with Gasteiger partial charge in [-0.2, -0.15) is 0 Å². The Morgan fingerprint density at radius 1 is 1.55 bits per heavy atom. The van der Waals surface area contributed by atoms with E-state index in [0.29, 0.717) is 0 Å². The number of hydrogen-bond acceptors (Lipinski definition) is 2. The summed E-state index contributed by atoms with van der Waals surface area (Å²) < 4.78 is 0. The molecule has 2 atom stereocenters. The molecule has 0 aliphatic carbocycles. The Hall–Kier alpha value is -0.570. The van der Waals surface area contributed by atoms with Crippen LogP contribution in [0.3, 0.4) is 0 Å². The van der Waals surface area contributed by atoms with Crippen LogP contribution in [-0.4, -0.2) is 23.2 Å². The average molecular weight is 159 g/mol. The molecular weight excluding hydrogens is 142 g/mol. The van der Waals surface area contributed by atoms with Crippen molar-refractivity contribution in [2.75, 3.05) is 0 Å². The van der Waals surface area contributed by atoms with E-state index < -0.39 is 6.10 Å². The van der Waals surface area contributed by atoms with E-state index in [0.717, 1.165) is 12.8 Å². The zero-order chi connectivity index (χ0) is 8.85. The van der Waals surface area contributed by atoms with Crippen molar-refractivity contribution >= 4 is 5.91 Å². The first kappa shape index (κ1) is 10.4. The van der Waals surface area contributed by atoms with Crippen LogP contribution < -0.4 is 5.32 Å². The third-order valence-corrected chi connectivity index (χ3v) is 1.49. The first-order valence-electron chi connectivity index (χ1n) is 4.06. The van der Waals surface area contributed by atoms with Crippen molar-refractivity contribution in [3.63, 3.8) is 0 Å². The summed E-state index contributed by atoms with van der Waals surface area (Å²) in [7, 11) is 0. The fourth-order valence-electron chi connectivity index (χ4n) is 0.869. The Morgan fingerprint density at radius 2 is 2.09 bits per heavy atom. The van der Waals surface area contributed by atoms with Gasteiger partial charge in [0.1, 0.15) is 6.10 Å². The van der Waals surface area contributed by atoms with E-state index in [4.69, 9.17) is 5.11 Å². The van der Waals surface area contributed by atoms with Crippen LogP contribution in [0.15, 0.2) is 0 Å². The van der Waals surface area contributed by atoms with E-state index in [1.165, 1.54) is 6.92 Å². The van der Waals surface area contributed by atoms with Crippen molar-refractivity contribution in [2.45, 2.75) is 45.8 Å². The standard InChI is InChI=1S/C8H17NO2/c1-4-5-6(2)9-8(11)7(3)10/h6-7,10H,4-5H2,1-3H3,(H,9,11)/t6-,7+/m1/s1. The molecule has 0 aromatic heterocycles. The molecular formula is C8H17NO2. The zero-order valence-corrected chi connectivity index (χ0v) is 7.42. The number of rotatable bonds is 4. The van der Waals surface area contributed by atoms with Crippen LogP contribution >= 0.6 is 0 Å². The Balaban J connectivity index is 3.57. The molecule has 0 bridgehead atoms. The summed E-state index contributed by atoms with van der Waals surface area (Å²) in [5.74, 6) is -0.286. The maximum absolute atomic E-state index is 10.9. The minimum atomic E-state index is -0.894. The van der Waals surface area contributed by atoms with Crippen LogP contribution in [0.25, 0.3) is 0 Å². The van der Waals surface area contributed by atoms with Crippen LogP contribution in [0.1, 0.15) is 33.6 Å². The Bertz CT molecular complexity index is 123. The summed E-state index contributed by atoms with van der Waals surface area (Å²) in [4.78, 5) is 10.9. The molecule has 0 aliphatic heterocycles. The molecule has 0 unspecified atom stereocenters. The molecule has 2 N–H and O–H groups in total. The Labute approximate surface area is 67.8 Å². The van der Waals surface area contributed by atoms with Gasteiger partial charge in [0.2, 0.25) is 5.91 Å². The van der Waals surface area contributed by atoms with Crippen LogP contribution in [0, 0.1) is 0 Å². The summed E-state index contributed by atoms with van der Waals surface area (Å²) in [5.41, 5.74) is 0. The van der Waals surface area contributed by atoms with Crippen molar-refractivity contribution in [3.8, 4) is 0 Å². The van der Waals surface area contributed by atoms with Gasteiger partial charge in [-0.05, 0) is 20.3 Å². The molecule has 3 heteroatoms. The van der Waals surface area contributed by atoms with Gasteiger partial charge in [0.05, 0.1) is 0 Å². The van der Waals surface area contributed by atoms with Gasteiger partial charge in [-0.3, -0.25) is 4.79 Å². The van der Waals surface area contributed by atoms with Crippen LogP contribution in [0.4, 0.5) is 0 Å². The maximum atomic E-state index is 10.9. The molecule has 11 heavy (non-hydrogen) atoms. The highest BCUT2D eigenvalue weighted by atomic mass is 16.3. The third kappa shape index (κ3) is 4.79. The Kier molecular flexibility index (Phi) is 4.86. The van der Waals surface area contributed by atoms with Crippen LogP contribution in [-0.2, 0) is 4.79 Å². The van der Waals surface area contributed by atoms with Crippen molar-refractivity contribution in [2.24, 2.45) is 0 Å². The number of amides is 1. The van der Waals surface area contributed by atoms with Crippen molar-refractivity contribution in [1.82, 2.24) is 5.32 Å². The molecule has 3 nitrogen and oxygen atoms in total. The van der Waals surface area contributed by atoms with Gasteiger partial charge >= 0.3 is 0 Å². The lowest BCUT2D eigenvalue weighted by Gasteiger charge is -2.13. The summed E-state index contributed by atoms with van der Waals surface area (Å²) in [6.45, 7) is 5.46. The number of carbonyl (C=O) groups excluding carboxylic acids is 1. The molecule has 0 spiro atoms. The summed E-state index contributed by atoms with van der Waals surface area (Å²) in [6, 6.07) is 0.169. The normalized spacial score (nSPS) is 15.6. The highest BCUT2D eigenvalue weighted by Crippen LogP contribution is 1.95. The first-order valence-corrected chi connectivity index (χ1v) is 4.06. The van der Waals surface area contributed by atoms with Crippen molar-refractivity contribution < 1.29 is 9.90 Å². The highest BCUT2D eigenvalue weighted by Gasteiger charge is 2.10. The molecule has 0 fully saturated rings. The monoisotopic (exact) mass is 159 g/mol. The number of aliphatic hydroxyl groups is 1. The average Bonchev–Trinajstić information content (AvgIpc) is 1.87. The highest BCUT2D eigenvalue weighted by molar-refractivity contribution is 5.80. The predicted octanol–water partition coefficient (Wildman–Crippen LogP) is 0.672. The first-order chi connectivity index (χ1) is 5.07. The largest absolute Gasteiger partial charge is 0.384 e. The zero-order valence-electron chi connectivity index (χ0n) is 7.42. The molecule has 0 aliphatic rings. The van der Waals surface area contributed by atoms with E-state index in [-0.39, 0.29) is 11.9 Å². The van der Waals surface area contributed by atoms with Crippen LogP contribution in [0.2, 0.25) is 0 Å². The second-order valence-electron chi connectivity index (χ2n) is 2.87. The van der Waals surface area contributed by atoms with E-state index >= 15 is 0 Å². The van der Waals surface area contributed by atoms with E-state index in [2.05, 4.69) is 12.2 Å². The minimum Gasteiger partial charge on any atom is -0.384 e. The van der Waals surface area contributed by atoms with E-state index in [1.807, 2.05) is 6.92 Å². The molecule has 0 aromatic rings. The number of aliphatic hydroxyl groups excluding tert-OH is 1. The smallest absolute Gasteiger partial charge is 0.248 e. The lowest BCUT2D eigenvalue weighted by molar-refractivity contribution is -0.129. The molecule has 0 aromatic carbocycles. The van der Waals surface area contributed by atoms with E-state index in [1.54, 1.807) is 0 Å². The van der Waals surface area contributed by atoms with Gasteiger partial charge in [0.15, 0.2) is 0 Å². The SMILES string of the molecule is CCC[C@@H](C)NC(=O)[C@H](C)O. The van der Waals surface area contributed by atoms with Crippen LogP contribution in [0.5, 0.6) is 0 Å².